The van der Waals surface area contributed by atoms with Gasteiger partial charge in [-0.15, -0.1) is 0 Å². The predicted octanol–water partition coefficient (Wildman–Crippen LogP) is 3.32. The van der Waals surface area contributed by atoms with Crippen LogP contribution in [0.1, 0.15) is 38.1 Å². The third-order valence-electron chi connectivity index (χ3n) is 2.19. The van der Waals surface area contributed by atoms with Crippen LogP contribution in [0.2, 0.25) is 0 Å². The standard InChI is InChI=1S/C14H21NO2/c1-10(2)9-15-13-8-6-5-7-12(13)14(16)17-11(3)4/h5-8,10-11,15H,9H2,1-4H3. The lowest BCUT2D eigenvalue weighted by atomic mass is 10.1. The largest absolute Gasteiger partial charge is 0.459 e. The average Bonchev–Trinajstić information content (AvgIpc) is 2.25. The molecular formula is C14H21NO2. The molecule has 0 unspecified atom stereocenters. The molecule has 0 bridgehead atoms. The number of hydrogen-bond acceptors (Lipinski definition) is 3. The summed E-state index contributed by atoms with van der Waals surface area (Å²) in [5.41, 5.74) is 1.44. The molecule has 0 spiro atoms. The van der Waals surface area contributed by atoms with Crippen LogP contribution >= 0.6 is 0 Å². The van der Waals surface area contributed by atoms with E-state index in [1.54, 1.807) is 6.07 Å². The molecule has 0 aliphatic carbocycles. The molecule has 0 saturated heterocycles. The molecule has 0 aliphatic rings. The number of para-hydroxylation sites is 1. The molecule has 0 aliphatic heterocycles. The summed E-state index contributed by atoms with van der Waals surface area (Å²) in [7, 11) is 0. The molecule has 3 heteroatoms. The quantitative estimate of drug-likeness (QED) is 0.796. The molecular weight excluding hydrogens is 214 g/mol. The number of benzene rings is 1. The lowest BCUT2D eigenvalue weighted by Gasteiger charge is -2.14. The van der Waals surface area contributed by atoms with Gasteiger partial charge in [0.25, 0.3) is 0 Å². The van der Waals surface area contributed by atoms with Gasteiger partial charge in [-0.05, 0) is 31.9 Å². The lowest BCUT2D eigenvalue weighted by molar-refractivity contribution is 0.0379. The van der Waals surface area contributed by atoms with Crippen LogP contribution in [0, 0.1) is 5.92 Å². The molecule has 0 saturated carbocycles. The zero-order valence-electron chi connectivity index (χ0n) is 11.0. The van der Waals surface area contributed by atoms with Gasteiger partial charge < -0.3 is 10.1 Å². The molecule has 17 heavy (non-hydrogen) atoms. The van der Waals surface area contributed by atoms with E-state index in [0.29, 0.717) is 11.5 Å². The first-order valence-corrected chi connectivity index (χ1v) is 6.04. The molecule has 0 heterocycles. The molecule has 1 aromatic carbocycles. The van der Waals surface area contributed by atoms with Gasteiger partial charge in [0.2, 0.25) is 0 Å². The molecule has 0 atom stereocenters. The van der Waals surface area contributed by atoms with Gasteiger partial charge in [0.15, 0.2) is 0 Å². The fourth-order valence-corrected chi connectivity index (χ4v) is 1.41. The van der Waals surface area contributed by atoms with Crippen molar-refractivity contribution in [1.82, 2.24) is 0 Å². The van der Waals surface area contributed by atoms with Crippen molar-refractivity contribution in [2.45, 2.75) is 33.8 Å². The summed E-state index contributed by atoms with van der Waals surface area (Å²) in [5, 5.41) is 3.27. The topological polar surface area (TPSA) is 38.3 Å². The van der Waals surface area contributed by atoms with Crippen LogP contribution in [0.4, 0.5) is 5.69 Å². The van der Waals surface area contributed by atoms with Crippen molar-refractivity contribution in [3.8, 4) is 0 Å². The van der Waals surface area contributed by atoms with Crippen LogP contribution in [-0.4, -0.2) is 18.6 Å². The number of rotatable bonds is 5. The first-order valence-electron chi connectivity index (χ1n) is 6.04. The van der Waals surface area contributed by atoms with Gasteiger partial charge in [-0.3, -0.25) is 0 Å². The summed E-state index contributed by atoms with van der Waals surface area (Å²) >= 11 is 0. The third-order valence-corrected chi connectivity index (χ3v) is 2.19. The van der Waals surface area contributed by atoms with Crippen LogP contribution in [0.15, 0.2) is 24.3 Å². The minimum absolute atomic E-state index is 0.0966. The molecule has 3 nitrogen and oxygen atoms in total. The highest BCUT2D eigenvalue weighted by molar-refractivity contribution is 5.95. The van der Waals surface area contributed by atoms with Gasteiger partial charge in [0, 0.05) is 12.2 Å². The number of carbonyl (C=O) groups is 1. The van der Waals surface area contributed by atoms with Crippen molar-refractivity contribution in [2.75, 3.05) is 11.9 Å². The Morgan fingerprint density at radius 3 is 2.47 bits per heavy atom. The van der Waals surface area contributed by atoms with Crippen molar-refractivity contribution in [3.63, 3.8) is 0 Å². The minimum atomic E-state index is -0.271. The Morgan fingerprint density at radius 2 is 1.88 bits per heavy atom. The summed E-state index contributed by atoms with van der Waals surface area (Å²) in [5.74, 6) is 0.260. The number of ether oxygens (including phenoxy) is 1. The smallest absolute Gasteiger partial charge is 0.340 e. The molecule has 0 fully saturated rings. The van der Waals surface area contributed by atoms with Crippen molar-refractivity contribution in [3.05, 3.63) is 29.8 Å². The maximum Gasteiger partial charge on any atom is 0.340 e. The Bertz CT molecular complexity index is 372. The predicted molar refractivity (Wildman–Crippen MR) is 70.3 cm³/mol. The Kier molecular flexibility index (Phi) is 5.01. The fourth-order valence-electron chi connectivity index (χ4n) is 1.41. The zero-order chi connectivity index (χ0) is 12.8. The molecule has 1 N–H and O–H groups in total. The Balaban J connectivity index is 2.80. The van der Waals surface area contributed by atoms with Gasteiger partial charge in [-0.2, -0.15) is 0 Å². The van der Waals surface area contributed by atoms with Gasteiger partial charge in [-0.25, -0.2) is 4.79 Å². The summed E-state index contributed by atoms with van der Waals surface area (Å²) < 4.78 is 5.20. The second-order valence-corrected chi connectivity index (χ2v) is 4.77. The maximum atomic E-state index is 11.9. The van der Waals surface area contributed by atoms with E-state index < -0.39 is 0 Å². The monoisotopic (exact) mass is 235 g/mol. The number of hydrogen-bond donors (Lipinski definition) is 1. The van der Waals surface area contributed by atoms with Gasteiger partial charge in [-0.1, -0.05) is 26.0 Å². The molecule has 0 aromatic heterocycles. The van der Waals surface area contributed by atoms with E-state index in [1.165, 1.54) is 0 Å². The van der Waals surface area contributed by atoms with Gasteiger partial charge >= 0.3 is 5.97 Å². The highest BCUT2D eigenvalue weighted by Gasteiger charge is 2.13. The van der Waals surface area contributed by atoms with E-state index in [0.717, 1.165) is 12.2 Å². The van der Waals surface area contributed by atoms with Crippen molar-refractivity contribution in [2.24, 2.45) is 5.92 Å². The van der Waals surface area contributed by atoms with Gasteiger partial charge in [0.1, 0.15) is 0 Å². The Morgan fingerprint density at radius 1 is 1.24 bits per heavy atom. The SMILES string of the molecule is CC(C)CNc1ccccc1C(=O)OC(C)C. The van der Waals surface area contributed by atoms with E-state index in [1.807, 2.05) is 32.0 Å². The van der Waals surface area contributed by atoms with E-state index >= 15 is 0 Å². The second kappa shape index (κ2) is 6.28. The number of nitrogens with one attached hydrogen (secondary N) is 1. The van der Waals surface area contributed by atoms with Crippen molar-refractivity contribution < 1.29 is 9.53 Å². The Hall–Kier alpha value is -1.51. The average molecular weight is 235 g/mol. The van der Waals surface area contributed by atoms with Crippen molar-refractivity contribution in [1.29, 1.82) is 0 Å². The summed E-state index contributed by atoms with van der Waals surface area (Å²) in [4.78, 5) is 11.9. The molecule has 1 rings (SSSR count). The fraction of sp³-hybridized carbons (Fsp3) is 0.500. The first kappa shape index (κ1) is 13.6. The Labute approximate surface area is 103 Å². The minimum Gasteiger partial charge on any atom is -0.459 e. The maximum absolute atomic E-state index is 11.9. The van der Waals surface area contributed by atoms with Crippen LogP contribution in [0.3, 0.4) is 0 Å². The number of esters is 1. The molecule has 0 radical (unpaired) electrons. The third kappa shape index (κ3) is 4.47. The van der Waals surface area contributed by atoms with E-state index in [-0.39, 0.29) is 12.1 Å². The second-order valence-electron chi connectivity index (χ2n) is 4.77. The zero-order valence-corrected chi connectivity index (χ0v) is 11.0. The molecule has 1 aromatic rings. The molecule has 0 amide bonds. The van der Waals surface area contributed by atoms with Gasteiger partial charge in [0.05, 0.1) is 11.7 Å². The summed E-state index contributed by atoms with van der Waals surface area (Å²) in [6.45, 7) is 8.79. The molecule has 94 valence electrons. The normalized spacial score (nSPS) is 10.7. The highest BCUT2D eigenvalue weighted by atomic mass is 16.5. The highest BCUT2D eigenvalue weighted by Crippen LogP contribution is 2.17. The summed E-state index contributed by atoms with van der Waals surface area (Å²) in [6, 6.07) is 7.44. The summed E-state index contributed by atoms with van der Waals surface area (Å²) in [6.07, 6.45) is -0.0966. The first-order chi connectivity index (χ1) is 8.00. The van der Waals surface area contributed by atoms with Crippen LogP contribution in [-0.2, 0) is 4.74 Å². The lowest BCUT2D eigenvalue weighted by Crippen LogP contribution is -2.15. The number of carbonyl (C=O) groups excluding carboxylic acids is 1. The van der Waals surface area contributed by atoms with Crippen LogP contribution in [0.25, 0.3) is 0 Å². The van der Waals surface area contributed by atoms with Crippen LogP contribution in [0.5, 0.6) is 0 Å². The van der Waals surface area contributed by atoms with E-state index in [2.05, 4.69) is 19.2 Å². The number of anilines is 1. The van der Waals surface area contributed by atoms with Crippen LogP contribution < -0.4 is 5.32 Å². The van der Waals surface area contributed by atoms with E-state index in [9.17, 15) is 4.79 Å². The van der Waals surface area contributed by atoms with E-state index in [4.69, 9.17) is 4.74 Å². The van der Waals surface area contributed by atoms with Crippen molar-refractivity contribution >= 4 is 11.7 Å².